The SMILES string of the molecule is CC(C)Nc1ccc(COC(=O)C(C)C)c(C(=O)NCCNC(=O)C(C)(C)CCOC(C)CCC(=O)O)c1. The van der Waals surface area contributed by atoms with Crippen LogP contribution in [0, 0.1) is 11.3 Å². The highest BCUT2D eigenvalue weighted by Gasteiger charge is 2.27. The standard InChI is InChI=1S/C28H45N3O7/c1-18(2)26(35)38-17-21-9-10-22(31-19(3)4)16-23(21)25(34)29-13-14-30-27(36)28(6,7)12-15-37-20(5)8-11-24(32)33/h9-10,16,18-20,31H,8,11-15,17H2,1-7H3,(H,29,34)(H,30,36)(H,32,33). The molecule has 0 aliphatic heterocycles. The molecule has 0 bridgehead atoms. The van der Waals surface area contributed by atoms with Crippen molar-refractivity contribution >= 4 is 29.4 Å². The van der Waals surface area contributed by atoms with E-state index in [9.17, 15) is 19.2 Å². The van der Waals surface area contributed by atoms with Crippen LogP contribution in [0.15, 0.2) is 18.2 Å². The van der Waals surface area contributed by atoms with Crippen molar-refractivity contribution in [2.24, 2.45) is 11.3 Å². The molecule has 1 aromatic rings. The Labute approximate surface area is 226 Å². The molecule has 0 spiro atoms. The normalized spacial score (nSPS) is 12.2. The number of amides is 2. The largest absolute Gasteiger partial charge is 0.481 e. The molecule has 4 N–H and O–H groups in total. The van der Waals surface area contributed by atoms with E-state index in [2.05, 4.69) is 16.0 Å². The predicted molar refractivity (Wildman–Crippen MR) is 146 cm³/mol. The molecule has 38 heavy (non-hydrogen) atoms. The molecule has 0 aromatic heterocycles. The first-order chi connectivity index (χ1) is 17.7. The van der Waals surface area contributed by atoms with Gasteiger partial charge in [-0.25, -0.2) is 0 Å². The van der Waals surface area contributed by atoms with Gasteiger partial charge in [0.25, 0.3) is 5.91 Å². The molecule has 2 amide bonds. The van der Waals surface area contributed by atoms with Gasteiger partial charge < -0.3 is 30.5 Å². The molecule has 1 rings (SSSR count). The van der Waals surface area contributed by atoms with E-state index >= 15 is 0 Å². The molecule has 10 heteroatoms. The Balaban J connectivity index is 2.63. The Hall–Kier alpha value is -3.14. The van der Waals surface area contributed by atoms with Crippen LogP contribution in [0.25, 0.3) is 0 Å². The quantitative estimate of drug-likeness (QED) is 0.175. The summed E-state index contributed by atoms with van der Waals surface area (Å²) in [6.07, 6.45) is 0.726. The lowest BCUT2D eigenvalue weighted by atomic mass is 9.88. The number of esters is 1. The topological polar surface area (TPSA) is 143 Å². The highest BCUT2D eigenvalue weighted by atomic mass is 16.5. The zero-order valence-corrected chi connectivity index (χ0v) is 23.8. The van der Waals surface area contributed by atoms with Crippen LogP contribution in [0.1, 0.15) is 83.7 Å². The molecule has 1 aromatic carbocycles. The van der Waals surface area contributed by atoms with Gasteiger partial charge in [-0.2, -0.15) is 0 Å². The lowest BCUT2D eigenvalue weighted by Gasteiger charge is -2.24. The number of anilines is 1. The number of carboxylic acids is 1. The van der Waals surface area contributed by atoms with E-state index in [1.54, 1.807) is 26.0 Å². The van der Waals surface area contributed by atoms with Crippen molar-refractivity contribution in [2.45, 2.75) is 86.5 Å². The maximum atomic E-state index is 13.0. The minimum Gasteiger partial charge on any atom is -0.481 e. The van der Waals surface area contributed by atoms with Crippen molar-refractivity contribution in [3.63, 3.8) is 0 Å². The summed E-state index contributed by atoms with van der Waals surface area (Å²) in [7, 11) is 0. The van der Waals surface area contributed by atoms with Gasteiger partial charge in [-0.15, -0.1) is 0 Å². The van der Waals surface area contributed by atoms with E-state index < -0.39 is 11.4 Å². The summed E-state index contributed by atoms with van der Waals surface area (Å²) >= 11 is 0. The van der Waals surface area contributed by atoms with Gasteiger partial charge in [-0.1, -0.05) is 33.8 Å². The molecule has 0 aliphatic rings. The summed E-state index contributed by atoms with van der Waals surface area (Å²) in [5, 5.41) is 17.7. The van der Waals surface area contributed by atoms with Crippen LogP contribution >= 0.6 is 0 Å². The molecule has 214 valence electrons. The predicted octanol–water partition coefficient (Wildman–Crippen LogP) is 3.74. The van der Waals surface area contributed by atoms with Crippen LogP contribution < -0.4 is 16.0 Å². The van der Waals surface area contributed by atoms with Crippen LogP contribution in [0.2, 0.25) is 0 Å². The third-order valence-corrected chi connectivity index (χ3v) is 5.86. The maximum absolute atomic E-state index is 13.0. The molecule has 0 heterocycles. The van der Waals surface area contributed by atoms with Gasteiger partial charge in [0.05, 0.1) is 12.0 Å². The number of carboxylic acid groups (broad SMARTS) is 1. The lowest BCUT2D eigenvalue weighted by molar-refractivity contribution is -0.148. The molecule has 0 saturated heterocycles. The summed E-state index contributed by atoms with van der Waals surface area (Å²) in [4.78, 5) is 48.2. The molecule has 10 nitrogen and oxygen atoms in total. The Morgan fingerprint density at radius 2 is 1.66 bits per heavy atom. The van der Waals surface area contributed by atoms with E-state index in [0.717, 1.165) is 5.69 Å². The average Bonchev–Trinajstić information content (AvgIpc) is 2.83. The number of hydrogen-bond acceptors (Lipinski definition) is 7. The van der Waals surface area contributed by atoms with Crippen LogP contribution in [-0.4, -0.2) is 60.7 Å². The van der Waals surface area contributed by atoms with Gasteiger partial charge in [0.2, 0.25) is 5.91 Å². The summed E-state index contributed by atoms with van der Waals surface area (Å²) in [6.45, 7) is 13.7. The van der Waals surface area contributed by atoms with Gasteiger partial charge in [0.15, 0.2) is 0 Å². The minimum absolute atomic E-state index is 0.0103. The molecule has 0 fully saturated rings. The molecule has 0 aliphatic carbocycles. The van der Waals surface area contributed by atoms with Gasteiger partial charge in [0.1, 0.15) is 6.61 Å². The third-order valence-electron chi connectivity index (χ3n) is 5.86. The first-order valence-corrected chi connectivity index (χ1v) is 13.2. The highest BCUT2D eigenvalue weighted by molar-refractivity contribution is 5.96. The number of rotatable bonds is 17. The summed E-state index contributed by atoms with van der Waals surface area (Å²) in [5.74, 6) is -1.97. The number of hydrogen-bond donors (Lipinski definition) is 4. The van der Waals surface area contributed by atoms with Crippen molar-refractivity contribution in [1.29, 1.82) is 0 Å². The second-order valence-corrected chi connectivity index (χ2v) is 10.7. The minimum atomic E-state index is -0.863. The van der Waals surface area contributed by atoms with Crippen molar-refractivity contribution in [3.05, 3.63) is 29.3 Å². The van der Waals surface area contributed by atoms with E-state index in [0.29, 0.717) is 30.6 Å². The monoisotopic (exact) mass is 535 g/mol. The van der Waals surface area contributed by atoms with Crippen LogP contribution in [0.4, 0.5) is 5.69 Å². The van der Waals surface area contributed by atoms with E-state index in [1.165, 1.54) is 0 Å². The highest BCUT2D eigenvalue weighted by Crippen LogP contribution is 2.21. The van der Waals surface area contributed by atoms with Crippen LogP contribution in [-0.2, 0) is 30.5 Å². The average molecular weight is 536 g/mol. The Morgan fingerprint density at radius 1 is 1.00 bits per heavy atom. The van der Waals surface area contributed by atoms with Crippen molar-refractivity contribution in [3.8, 4) is 0 Å². The Kier molecular flexibility index (Phi) is 13.8. The van der Waals surface area contributed by atoms with Gasteiger partial charge in [-0.05, 0) is 45.7 Å². The fraction of sp³-hybridized carbons (Fsp3) is 0.643. The van der Waals surface area contributed by atoms with Crippen molar-refractivity contribution in [2.75, 3.05) is 25.0 Å². The van der Waals surface area contributed by atoms with E-state index in [-0.39, 0.29) is 62.0 Å². The second-order valence-electron chi connectivity index (χ2n) is 10.7. The van der Waals surface area contributed by atoms with Crippen molar-refractivity contribution in [1.82, 2.24) is 10.6 Å². The van der Waals surface area contributed by atoms with E-state index in [1.807, 2.05) is 40.7 Å². The van der Waals surface area contributed by atoms with Gasteiger partial charge >= 0.3 is 11.9 Å². The van der Waals surface area contributed by atoms with Crippen LogP contribution in [0.3, 0.4) is 0 Å². The van der Waals surface area contributed by atoms with Gasteiger partial charge in [0, 0.05) is 54.4 Å². The molecule has 1 unspecified atom stereocenters. The number of carbonyl (C=O) groups excluding carboxylic acids is 3. The van der Waals surface area contributed by atoms with Gasteiger partial charge in [-0.3, -0.25) is 19.2 Å². The first kappa shape index (κ1) is 32.9. The van der Waals surface area contributed by atoms with Crippen molar-refractivity contribution < 1.29 is 33.8 Å². The fourth-order valence-electron chi connectivity index (χ4n) is 3.38. The molecular formula is C28H45N3O7. The number of ether oxygens (including phenoxy) is 2. The molecule has 0 radical (unpaired) electrons. The number of nitrogens with one attached hydrogen (secondary N) is 3. The summed E-state index contributed by atoms with van der Waals surface area (Å²) < 4.78 is 11.0. The van der Waals surface area contributed by atoms with Crippen LogP contribution in [0.5, 0.6) is 0 Å². The van der Waals surface area contributed by atoms with E-state index in [4.69, 9.17) is 14.6 Å². The number of carbonyl (C=O) groups is 4. The molecule has 0 saturated carbocycles. The molecular weight excluding hydrogens is 490 g/mol. The second kappa shape index (κ2) is 16.0. The Morgan fingerprint density at radius 3 is 2.26 bits per heavy atom. The summed E-state index contributed by atoms with van der Waals surface area (Å²) in [5.41, 5.74) is 1.07. The zero-order valence-electron chi connectivity index (χ0n) is 23.8. The number of aliphatic carboxylic acids is 1. The molecule has 1 atom stereocenters. The number of benzene rings is 1. The zero-order chi connectivity index (χ0) is 28.9. The lowest BCUT2D eigenvalue weighted by Crippen LogP contribution is -2.41. The fourth-order valence-corrected chi connectivity index (χ4v) is 3.38. The Bertz CT molecular complexity index is 944. The first-order valence-electron chi connectivity index (χ1n) is 13.2. The third kappa shape index (κ3) is 12.4. The smallest absolute Gasteiger partial charge is 0.308 e. The summed E-state index contributed by atoms with van der Waals surface area (Å²) in [6, 6.07) is 5.51. The maximum Gasteiger partial charge on any atom is 0.308 e.